The van der Waals surface area contributed by atoms with E-state index in [0.717, 1.165) is 6.42 Å². The summed E-state index contributed by atoms with van der Waals surface area (Å²) in [7, 11) is 1.58. The van der Waals surface area contributed by atoms with E-state index in [2.05, 4.69) is 15.2 Å². The number of hydrogen-bond donors (Lipinski definition) is 1. The maximum absolute atomic E-state index is 11.6. The van der Waals surface area contributed by atoms with Gasteiger partial charge in [-0.2, -0.15) is 0 Å². The quantitative estimate of drug-likeness (QED) is 0.877. The van der Waals surface area contributed by atoms with E-state index < -0.39 is 9.05 Å². The van der Waals surface area contributed by atoms with Crippen LogP contribution in [0.4, 0.5) is 0 Å². The Morgan fingerprint density at radius 3 is 2.53 bits per heavy atom. The lowest BCUT2D eigenvalue weighted by atomic mass is 10.2. The molecule has 0 saturated heterocycles. The lowest BCUT2D eigenvalue weighted by molar-refractivity contribution is 0.501. The zero-order chi connectivity index (χ0) is 14.2. The first kappa shape index (κ1) is 14.1. The van der Waals surface area contributed by atoms with E-state index in [1.807, 2.05) is 6.92 Å². The summed E-state index contributed by atoms with van der Waals surface area (Å²) in [6.07, 6.45) is 1.52. The average molecular weight is 304 g/mol. The van der Waals surface area contributed by atoms with Gasteiger partial charge >= 0.3 is 0 Å². The summed E-state index contributed by atoms with van der Waals surface area (Å²) in [5.41, 5.74) is 1.43. The van der Waals surface area contributed by atoms with Crippen LogP contribution in [0.1, 0.15) is 30.6 Å². The predicted octanol–water partition coefficient (Wildman–Crippen LogP) is 2.56. The second-order valence-electron chi connectivity index (χ2n) is 4.27. The van der Waals surface area contributed by atoms with Crippen molar-refractivity contribution in [2.75, 3.05) is 0 Å². The zero-order valence-corrected chi connectivity index (χ0v) is 12.4. The molecule has 0 amide bonds. The number of aromatic nitrogens is 3. The van der Waals surface area contributed by atoms with Crippen LogP contribution in [-0.2, 0) is 15.5 Å². The summed E-state index contributed by atoms with van der Waals surface area (Å²) in [6.45, 7) is 5.36. The molecule has 0 saturated carbocycles. The normalized spacial score (nSPS) is 12.0. The molecule has 2 heterocycles. The number of rotatable bonds is 4. The Bertz CT molecular complexity index is 703. The molecule has 2 aromatic rings. The second-order valence-corrected chi connectivity index (χ2v) is 6.77. The fraction of sp³-hybridized carbons (Fsp3) is 0.455. The van der Waals surface area contributed by atoms with Crippen molar-refractivity contribution >= 4 is 19.7 Å². The topological polar surface area (TPSA) is 88.9 Å². The number of aryl methyl sites for hydroxylation is 3. The minimum absolute atomic E-state index is 0.00151. The van der Waals surface area contributed by atoms with E-state index in [-0.39, 0.29) is 10.8 Å². The molecule has 0 atom stereocenters. The molecule has 19 heavy (non-hydrogen) atoms. The molecule has 0 aromatic carbocycles. The average Bonchev–Trinajstić information content (AvgIpc) is 2.82. The number of aromatic amines is 1. The molecule has 1 N–H and O–H groups in total. The molecule has 104 valence electrons. The Kier molecular flexibility index (Phi) is 3.69. The maximum atomic E-state index is 11.6. The van der Waals surface area contributed by atoms with Gasteiger partial charge in [-0.15, -0.1) is 10.2 Å². The monoisotopic (exact) mass is 303 g/mol. The lowest BCUT2D eigenvalue weighted by Crippen LogP contribution is -1.94. The highest BCUT2D eigenvalue weighted by Crippen LogP contribution is 2.34. The van der Waals surface area contributed by atoms with Gasteiger partial charge in [-0.25, -0.2) is 8.42 Å². The van der Waals surface area contributed by atoms with E-state index >= 15 is 0 Å². The van der Waals surface area contributed by atoms with Gasteiger partial charge in [0, 0.05) is 28.5 Å². The van der Waals surface area contributed by atoms with Crippen molar-refractivity contribution in [2.45, 2.75) is 38.5 Å². The van der Waals surface area contributed by atoms with Crippen LogP contribution in [0.15, 0.2) is 9.31 Å². The number of halogens is 1. The molecule has 6 nitrogen and oxygen atoms in total. The molecule has 0 aliphatic rings. The van der Waals surface area contributed by atoms with Crippen LogP contribution >= 0.6 is 10.7 Å². The summed E-state index contributed by atoms with van der Waals surface area (Å²) in [6, 6.07) is 0. The van der Waals surface area contributed by atoms with Crippen molar-refractivity contribution in [3.8, 4) is 11.5 Å². The van der Waals surface area contributed by atoms with Crippen LogP contribution in [-0.4, -0.2) is 23.6 Å². The third-order valence-electron chi connectivity index (χ3n) is 2.71. The predicted molar refractivity (Wildman–Crippen MR) is 70.6 cm³/mol. The van der Waals surface area contributed by atoms with Gasteiger partial charge in [0.1, 0.15) is 4.90 Å². The van der Waals surface area contributed by atoms with Crippen LogP contribution in [0.3, 0.4) is 0 Å². The number of nitrogens with one attached hydrogen (secondary N) is 1. The summed E-state index contributed by atoms with van der Waals surface area (Å²) in [5, 5.41) is 7.78. The molecule has 0 aliphatic heterocycles. The highest BCUT2D eigenvalue weighted by Gasteiger charge is 2.27. The van der Waals surface area contributed by atoms with Crippen molar-refractivity contribution in [3.05, 3.63) is 17.3 Å². The highest BCUT2D eigenvalue weighted by molar-refractivity contribution is 8.13. The molecule has 0 aliphatic carbocycles. The van der Waals surface area contributed by atoms with Crippen LogP contribution < -0.4 is 0 Å². The first-order valence-electron chi connectivity index (χ1n) is 5.81. The van der Waals surface area contributed by atoms with Gasteiger partial charge in [0.25, 0.3) is 14.9 Å². The highest BCUT2D eigenvalue weighted by atomic mass is 35.7. The van der Waals surface area contributed by atoms with Crippen LogP contribution in [0.5, 0.6) is 0 Å². The molecule has 8 heteroatoms. The minimum Gasteiger partial charge on any atom is -0.421 e. The SMILES string of the molecule is CCCc1nnc(-c2c(C)[nH]c(C)c2S(=O)(=O)Cl)o1. The Hall–Kier alpha value is -1.34. The Morgan fingerprint density at radius 2 is 1.95 bits per heavy atom. The summed E-state index contributed by atoms with van der Waals surface area (Å²) in [5.74, 6) is 0.651. The summed E-state index contributed by atoms with van der Waals surface area (Å²) >= 11 is 0. The van der Waals surface area contributed by atoms with E-state index in [9.17, 15) is 8.42 Å². The Labute approximate surface area is 115 Å². The third kappa shape index (κ3) is 2.66. The number of H-pyrrole nitrogens is 1. The number of nitrogens with zero attached hydrogens (tertiary/aromatic N) is 2. The van der Waals surface area contributed by atoms with Gasteiger partial charge in [0.05, 0.1) is 5.56 Å². The minimum atomic E-state index is -3.88. The molecule has 2 rings (SSSR count). The first-order chi connectivity index (χ1) is 8.84. The van der Waals surface area contributed by atoms with Crippen LogP contribution in [0.2, 0.25) is 0 Å². The van der Waals surface area contributed by atoms with Crippen LogP contribution in [0, 0.1) is 13.8 Å². The van der Waals surface area contributed by atoms with E-state index in [1.165, 1.54) is 0 Å². The smallest absolute Gasteiger partial charge is 0.263 e. The Balaban J connectivity index is 2.61. The molecule has 0 fully saturated rings. The fourth-order valence-corrected chi connectivity index (χ4v) is 3.47. The molecule has 0 spiro atoms. The molecule has 0 unspecified atom stereocenters. The van der Waals surface area contributed by atoms with Crippen molar-refractivity contribution in [1.29, 1.82) is 0 Å². The van der Waals surface area contributed by atoms with E-state index in [4.69, 9.17) is 15.1 Å². The zero-order valence-electron chi connectivity index (χ0n) is 10.8. The van der Waals surface area contributed by atoms with E-state index in [0.29, 0.717) is 29.3 Å². The van der Waals surface area contributed by atoms with Gasteiger partial charge in [0.2, 0.25) is 5.89 Å². The summed E-state index contributed by atoms with van der Waals surface area (Å²) < 4.78 is 28.8. The second kappa shape index (κ2) is 4.97. The molecular formula is C11H14ClN3O3S. The van der Waals surface area contributed by atoms with Crippen molar-refractivity contribution in [2.24, 2.45) is 0 Å². The van der Waals surface area contributed by atoms with E-state index in [1.54, 1.807) is 13.8 Å². The van der Waals surface area contributed by atoms with Gasteiger partial charge in [-0.1, -0.05) is 6.92 Å². The standard InChI is InChI=1S/C11H14ClN3O3S/c1-4-5-8-14-15-11(18-8)9-6(2)13-7(3)10(9)19(12,16)17/h13H,4-5H2,1-3H3. The third-order valence-corrected chi connectivity index (χ3v) is 4.17. The van der Waals surface area contributed by atoms with Gasteiger partial charge in [0.15, 0.2) is 0 Å². The maximum Gasteiger partial charge on any atom is 0.263 e. The fourth-order valence-electron chi connectivity index (χ4n) is 1.99. The van der Waals surface area contributed by atoms with Crippen molar-refractivity contribution in [3.63, 3.8) is 0 Å². The Morgan fingerprint density at radius 1 is 1.26 bits per heavy atom. The molecule has 0 radical (unpaired) electrons. The van der Waals surface area contributed by atoms with Gasteiger partial charge in [-0.3, -0.25) is 0 Å². The van der Waals surface area contributed by atoms with Gasteiger partial charge < -0.3 is 9.40 Å². The van der Waals surface area contributed by atoms with Gasteiger partial charge in [-0.05, 0) is 20.3 Å². The van der Waals surface area contributed by atoms with Crippen LogP contribution in [0.25, 0.3) is 11.5 Å². The van der Waals surface area contributed by atoms with Crippen molar-refractivity contribution in [1.82, 2.24) is 15.2 Å². The van der Waals surface area contributed by atoms with Crippen molar-refractivity contribution < 1.29 is 12.8 Å². The molecule has 2 aromatic heterocycles. The lowest BCUT2D eigenvalue weighted by Gasteiger charge is -1.98. The molecule has 0 bridgehead atoms. The first-order valence-corrected chi connectivity index (χ1v) is 8.12. The number of hydrogen-bond acceptors (Lipinski definition) is 5. The molecular weight excluding hydrogens is 290 g/mol. The largest absolute Gasteiger partial charge is 0.421 e. The summed E-state index contributed by atoms with van der Waals surface area (Å²) in [4.78, 5) is 2.93.